The number of nitrogens with two attached hydrogens (primary N) is 1. The van der Waals surface area contributed by atoms with Crippen molar-refractivity contribution in [2.45, 2.75) is 19.4 Å². The van der Waals surface area contributed by atoms with Crippen LogP contribution in [0, 0.1) is 18.6 Å². The minimum absolute atomic E-state index is 0.294. The summed E-state index contributed by atoms with van der Waals surface area (Å²) in [5, 5.41) is 4.25. The van der Waals surface area contributed by atoms with Crippen LogP contribution < -0.4 is 5.73 Å². The van der Waals surface area contributed by atoms with Crippen LogP contribution in [0.25, 0.3) is 0 Å². The van der Waals surface area contributed by atoms with E-state index in [0.717, 1.165) is 11.8 Å². The minimum atomic E-state index is -0.585. The average molecular weight is 251 g/mol. The molecule has 0 aliphatic carbocycles. The normalized spacial score (nSPS) is 12.7. The van der Waals surface area contributed by atoms with Crippen LogP contribution >= 0.6 is 0 Å². The van der Waals surface area contributed by atoms with E-state index in [9.17, 15) is 8.78 Å². The average Bonchev–Trinajstić information content (AvgIpc) is 2.63. The molecule has 3 nitrogen and oxygen atoms in total. The Hall–Kier alpha value is -1.75. The van der Waals surface area contributed by atoms with Crippen molar-refractivity contribution >= 4 is 0 Å². The Morgan fingerprint density at radius 1 is 1.33 bits per heavy atom. The number of hydrogen-bond acceptors (Lipinski definition) is 2. The van der Waals surface area contributed by atoms with E-state index in [1.165, 1.54) is 12.1 Å². The van der Waals surface area contributed by atoms with E-state index < -0.39 is 17.7 Å². The summed E-state index contributed by atoms with van der Waals surface area (Å²) in [4.78, 5) is 0. The fourth-order valence-electron chi connectivity index (χ4n) is 1.80. The highest BCUT2D eigenvalue weighted by atomic mass is 19.1. The van der Waals surface area contributed by atoms with Gasteiger partial charge in [0.05, 0.1) is 11.7 Å². The Morgan fingerprint density at radius 2 is 2.06 bits per heavy atom. The topological polar surface area (TPSA) is 43.8 Å². The van der Waals surface area contributed by atoms with Crippen molar-refractivity contribution in [2.24, 2.45) is 12.8 Å². The monoisotopic (exact) mass is 251 g/mol. The summed E-state index contributed by atoms with van der Waals surface area (Å²) < 4.78 is 28.0. The van der Waals surface area contributed by atoms with E-state index >= 15 is 0 Å². The van der Waals surface area contributed by atoms with Gasteiger partial charge in [0, 0.05) is 18.8 Å². The van der Waals surface area contributed by atoms with E-state index in [1.54, 1.807) is 4.68 Å². The highest BCUT2D eigenvalue weighted by Gasteiger charge is 2.14. The third kappa shape index (κ3) is 2.56. The van der Waals surface area contributed by atoms with Crippen LogP contribution in [0.3, 0.4) is 0 Å². The molecule has 0 spiro atoms. The van der Waals surface area contributed by atoms with Crippen LogP contribution in [0.5, 0.6) is 0 Å². The Kier molecular flexibility index (Phi) is 3.43. The van der Waals surface area contributed by atoms with E-state index in [2.05, 4.69) is 5.10 Å². The molecule has 0 bridgehead atoms. The summed E-state index contributed by atoms with van der Waals surface area (Å²) in [6.45, 7) is 1.92. The highest BCUT2D eigenvalue weighted by molar-refractivity contribution is 5.22. The lowest BCUT2D eigenvalue weighted by Crippen LogP contribution is -2.15. The fourth-order valence-corrected chi connectivity index (χ4v) is 1.80. The second-order valence-corrected chi connectivity index (χ2v) is 4.38. The summed E-state index contributed by atoms with van der Waals surface area (Å²) in [5.74, 6) is -1.16. The van der Waals surface area contributed by atoms with Crippen LogP contribution in [0.1, 0.15) is 23.0 Å². The number of rotatable bonds is 3. The molecule has 1 heterocycles. The first-order valence-corrected chi connectivity index (χ1v) is 5.67. The third-order valence-electron chi connectivity index (χ3n) is 2.97. The molecule has 5 heteroatoms. The lowest BCUT2D eigenvalue weighted by atomic mass is 10.0. The van der Waals surface area contributed by atoms with Gasteiger partial charge >= 0.3 is 0 Å². The molecule has 18 heavy (non-hydrogen) atoms. The molecule has 0 saturated carbocycles. The molecule has 0 fully saturated rings. The van der Waals surface area contributed by atoms with Gasteiger partial charge < -0.3 is 5.73 Å². The summed E-state index contributed by atoms with van der Waals surface area (Å²) in [5.41, 5.74) is 8.07. The number of hydrogen-bond donors (Lipinski definition) is 1. The predicted molar refractivity (Wildman–Crippen MR) is 64.9 cm³/mol. The standard InChI is InChI=1S/C13H15F2N3/c1-8-5-13(17-18(8)2)12(16)6-9-3-4-10(14)7-11(9)15/h3-5,7,12H,6,16H2,1-2H3. The van der Waals surface area contributed by atoms with Crippen molar-refractivity contribution in [1.82, 2.24) is 9.78 Å². The molecule has 2 aromatic rings. The van der Waals surface area contributed by atoms with Crippen molar-refractivity contribution in [2.75, 3.05) is 0 Å². The van der Waals surface area contributed by atoms with Crippen LogP contribution in [0.15, 0.2) is 24.3 Å². The molecule has 2 rings (SSSR count). The van der Waals surface area contributed by atoms with Crippen molar-refractivity contribution in [3.8, 4) is 0 Å². The lowest BCUT2D eigenvalue weighted by molar-refractivity contribution is 0.559. The molecule has 0 aliphatic rings. The van der Waals surface area contributed by atoms with Gasteiger partial charge in [-0.25, -0.2) is 8.78 Å². The molecule has 1 aromatic heterocycles. The van der Waals surface area contributed by atoms with Crippen LogP contribution in [-0.2, 0) is 13.5 Å². The number of aryl methyl sites for hydroxylation is 2. The van der Waals surface area contributed by atoms with E-state index in [1.807, 2.05) is 20.0 Å². The van der Waals surface area contributed by atoms with Gasteiger partial charge in [0.25, 0.3) is 0 Å². The van der Waals surface area contributed by atoms with Crippen LogP contribution in [0.2, 0.25) is 0 Å². The first kappa shape index (κ1) is 12.7. The maximum absolute atomic E-state index is 13.5. The van der Waals surface area contributed by atoms with Crippen LogP contribution in [-0.4, -0.2) is 9.78 Å². The molecule has 0 radical (unpaired) electrons. The van der Waals surface area contributed by atoms with Crippen molar-refractivity contribution in [3.05, 3.63) is 52.9 Å². The Balaban J connectivity index is 2.18. The Labute approximate surface area is 104 Å². The molecule has 0 saturated heterocycles. The Morgan fingerprint density at radius 3 is 2.61 bits per heavy atom. The number of halogens is 2. The maximum atomic E-state index is 13.5. The number of nitrogens with zero attached hydrogens (tertiary/aromatic N) is 2. The number of aromatic nitrogens is 2. The van der Waals surface area contributed by atoms with Crippen molar-refractivity contribution in [3.63, 3.8) is 0 Å². The van der Waals surface area contributed by atoms with Gasteiger partial charge in [-0.05, 0) is 31.0 Å². The largest absolute Gasteiger partial charge is 0.322 e. The zero-order chi connectivity index (χ0) is 13.3. The molecule has 1 aromatic carbocycles. The first-order valence-electron chi connectivity index (χ1n) is 5.67. The van der Waals surface area contributed by atoms with Gasteiger partial charge in [0.2, 0.25) is 0 Å². The molecule has 1 unspecified atom stereocenters. The van der Waals surface area contributed by atoms with Gasteiger partial charge in [0.15, 0.2) is 0 Å². The highest BCUT2D eigenvalue weighted by Crippen LogP contribution is 2.18. The minimum Gasteiger partial charge on any atom is -0.322 e. The summed E-state index contributed by atoms with van der Waals surface area (Å²) in [6, 6.07) is 4.98. The maximum Gasteiger partial charge on any atom is 0.129 e. The lowest BCUT2D eigenvalue weighted by Gasteiger charge is -2.09. The van der Waals surface area contributed by atoms with Gasteiger partial charge in [-0.15, -0.1) is 0 Å². The first-order chi connectivity index (χ1) is 8.47. The van der Waals surface area contributed by atoms with E-state index in [4.69, 9.17) is 5.73 Å². The summed E-state index contributed by atoms with van der Waals surface area (Å²) in [6.07, 6.45) is 0.294. The molecule has 2 N–H and O–H groups in total. The zero-order valence-corrected chi connectivity index (χ0v) is 10.3. The summed E-state index contributed by atoms with van der Waals surface area (Å²) >= 11 is 0. The molecule has 0 amide bonds. The zero-order valence-electron chi connectivity index (χ0n) is 10.3. The van der Waals surface area contributed by atoms with Gasteiger partial charge in [-0.1, -0.05) is 6.07 Å². The molecular weight excluding hydrogens is 236 g/mol. The van der Waals surface area contributed by atoms with Crippen LogP contribution in [0.4, 0.5) is 8.78 Å². The molecule has 1 atom stereocenters. The molecule has 96 valence electrons. The second kappa shape index (κ2) is 4.86. The smallest absolute Gasteiger partial charge is 0.129 e. The van der Waals surface area contributed by atoms with Gasteiger partial charge in [-0.2, -0.15) is 5.10 Å². The molecular formula is C13H15F2N3. The van der Waals surface area contributed by atoms with Crippen molar-refractivity contribution < 1.29 is 8.78 Å². The van der Waals surface area contributed by atoms with Gasteiger partial charge in [0.1, 0.15) is 11.6 Å². The second-order valence-electron chi connectivity index (χ2n) is 4.38. The summed E-state index contributed by atoms with van der Waals surface area (Å²) in [7, 11) is 1.82. The van der Waals surface area contributed by atoms with Crippen molar-refractivity contribution in [1.29, 1.82) is 0 Å². The number of benzene rings is 1. The third-order valence-corrected chi connectivity index (χ3v) is 2.97. The SMILES string of the molecule is Cc1cc(C(N)Cc2ccc(F)cc2F)nn1C. The fraction of sp³-hybridized carbons (Fsp3) is 0.308. The quantitative estimate of drug-likeness (QED) is 0.909. The van der Waals surface area contributed by atoms with Gasteiger partial charge in [-0.3, -0.25) is 4.68 Å². The van der Waals surface area contributed by atoms with E-state index in [0.29, 0.717) is 17.7 Å². The Bertz CT molecular complexity index is 544. The van der Waals surface area contributed by atoms with E-state index in [-0.39, 0.29) is 0 Å². The molecule has 0 aliphatic heterocycles. The predicted octanol–water partition coefficient (Wildman–Crippen LogP) is 2.25.